The molecule has 0 saturated carbocycles. The van der Waals surface area contributed by atoms with Gasteiger partial charge >= 0.3 is 0 Å². The van der Waals surface area contributed by atoms with E-state index >= 15 is 0 Å². The molecule has 0 aromatic carbocycles. The van der Waals surface area contributed by atoms with E-state index in [1.54, 1.807) is 7.11 Å². The normalized spacial score (nSPS) is 11.2. The predicted octanol–water partition coefficient (Wildman–Crippen LogP) is 2.90. The van der Waals surface area contributed by atoms with Crippen LogP contribution in [0.2, 0.25) is 0 Å². The molecule has 0 aliphatic carbocycles. The minimum Gasteiger partial charge on any atom is -0.480 e. The van der Waals surface area contributed by atoms with E-state index in [0.717, 1.165) is 24.1 Å². The fourth-order valence-corrected chi connectivity index (χ4v) is 1.39. The summed E-state index contributed by atoms with van der Waals surface area (Å²) < 4.78 is 5.20. The summed E-state index contributed by atoms with van der Waals surface area (Å²) in [5.74, 6) is 0.620. The molecular weight excluding hydrogens is 200 g/mol. The summed E-state index contributed by atoms with van der Waals surface area (Å²) in [7, 11) is 1.62. The summed E-state index contributed by atoms with van der Waals surface area (Å²) in [6.07, 6.45) is 3.72. The van der Waals surface area contributed by atoms with E-state index in [-0.39, 0.29) is 5.41 Å². The molecule has 0 radical (unpaired) electrons. The molecule has 0 spiro atoms. The van der Waals surface area contributed by atoms with Gasteiger partial charge < -0.3 is 4.74 Å². The van der Waals surface area contributed by atoms with Gasteiger partial charge in [-0.3, -0.25) is 0 Å². The van der Waals surface area contributed by atoms with Gasteiger partial charge in [0, 0.05) is 11.0 Å². The molecule has 0 aliphatic rings. The Labute approximate surface area is 97.5 Å². The van der Waals surface area contributed by atoms with E-state index in [2.05, 4.69) is 43.6 Å². The molecule has 1 aromatic heterocycles. The third-order valence-electron chi connectivity index (χ3n) is 2.41. The quantitative estimate of drug-likeness (QED) is 0.732. The zero-order valence-corrected chi connectivity index (χ0v) is 10.6. The Morgan fingerprint density at radius 2 is 2.06 bits per heavy atom. The molecule has 0 atom stereocenters. The number of aryl methyl sites for hydroxylation is 1. The van der Waals surface area contributed by atoms with Crippen molar-refractivity contribution < 1.29 is 4.74 Å². The van der Waals surface area contributed by atoms with E-state index in [9.17, 15) is 0 Å². The van der Waals surface area contributed by atoms with Crippen LogP contribution in [0.25, 0.3) is 0 Å². The number of hydrogen-bond acceptors (Lipinski definition) is 3. The van der Waals surface area contributed by atoms with Crippen LogP contribution in [0.15, 0.2) is 18.7 Å². The van der Waals surface area contributed by atoms with Crippen LogP contribution < -0.4 is 4.74 Å². The van der Waals surface area contributed by atoms with Crippen molar-refractivity contribution in [3.63, 3.8) is 0 Å². The maximum Gasteiger partial charge on any atom is 0.236 e. The highest BCUT2D eigenvalue weighted by Crippen LogP contribution is 2.24. The molecule has 0 aliphatic heterocycles. The van der Waals surface area contributed by atoms with E-state index in [1.807, 2.05) is 6.08 Å². The van der Waals surface area contributed by atoms with Crippen LogP contribution in [-0.4, -0.2) is 17.3 Å². The molecule has 3 heteroatoms. The Morgan fingerprint density at radius 1 is 1.38 bits per heavy atom. The van der Waals surface area contributed by atoms with Crippen LogP contribution in [0, 0.1) is 0 Å². The van der Waals surface area contributed by atoms with Gasteiger partial charge in [0.05, 0.1) is 12.8 Å². The maximum atomic E-state index is 5.20. The lowest BCUT2D eigenvalue weighted by atomic mass is 9.91. The zero-order valence-electron chi connectivity index (χ0n) is 10.6. The number of aromatic nitrogens is 2. The molecule has 1 rings (SSSR count). The lowest BCUT2D eigenvalue weighted by Gasteiger charge is -2.18. The van der Waals surface area contributed by atoms with Crippen LogP contribution in [0.5, 0.6) is 5.88 Å². The number of nitrogens with zero attached hydrogens (tertiary/aromatic N) is 2. The van der Waals surface area contributed by atoms with Crippen molar-refractivity contribution >= 4 is 0 Å². The Kier molecular flexibility index (Phi) is 4.05. The Balaban J connectivity index is 3.05. The van der Waals surface area contributed by atoms with E-state index in [4.69, 9.17) is 4.74 Å². The number of allylic oxidation sites excluding steroid dienone is 1. The largest absolute Gasteiger partial charge is 0.480 e. The van der Waals surface area contributed by atoms with Crippen LogP contribution in [0.4, 0.5) is 0 Å². The number of methoxy groups -OCH3 is 1. The lowest BCUT2D eigenvalue weighted by Crippen LogP contribution is -2.15. The average Bonchev–Trinajstić information content (AvgIpc) is 2.24. The van der Waals surface area contributed by atoms with Crippen molar-refractivity contribution in [3.8, 4) is 5.88 Å². The van der Waals surface area contributed by atoms with Gasteiger partial charge in [0.1, 0.15) is 0 Å². The summed E-state index contributed by atoms with van der Waals surface area (Å²) in [5.41, 5.74) is 2.11. The molecule has 0 N–H and O–H groups in total. The monoisotopic (exact) mass is 220 g/mol. The van der Waals surface area contributed by atoms with Crippen LogP contribution >= 0.6 is 0 Å². The highest BCUT2D eigenvalue weighted by atomic mass is 16.5. The van der Waals surface area contributed by atoms with Gasteiger partial charge in [0.2, 0.25) is 5.88 Å². The fourth-order valence-electron chi connectivity index (χ4n) is 1.39. The summed E-state index contributed by atoms with van der Waals surface area (Å²) >= 11 is 0. The number of rotatable bonds is 4. The molecular formula is C13H20N2O. The molecule has 1 aromatic rings. The van der Waals surface area contributed by atoms with Crippen molar-refractivity contribution in [1.82, 2.24) is 10.2 Å². The second-order valence-electron chi connectivity index (χ2n) is 4.84. The van der Waals surface area contributed by atoms with Gasteiger partial charge in [-0.25, -0.2) is 0 Å². The maximum absolute atomic E-state index is 5.20. The SMILES string of the molecule is C=CCCc1cc(C(C)(C)C)nnc1OC. The Morgan fingerprint density at radius 3 is 2.56 bits per heavy atom. The molecule has 0 unspecified atom stereocenters. The van der Waals surface area contributed by atoms with Gasteiger partial charge in [0.25, 0.3) is 0 Å². The number of hydrogen-bond donors (Lipinski definition) is 0. The van der Waals surface area contributed by atoms with Gasteiger partial charge in [-0.1, -0.05) is 26.8 Å². The van der Waals surface area contributed by atoms with Gasteiger partial charge in [-0.05, 0) is 18.9 Å². The van der Waals surface area contributed by atoms with Gasteiger partial charge in [-0.2, -0.15) is 5.10 Å². The molecule has 0 saturated heterocycles. The second-order valence-corrected chi connectivity index (χ2v) is 4.84. The summed E-state index contributed by atoms with van der Waals surface area (Å²) in [6, 6.07) is 2.08. The van der Waals surface area contributed by atoms with Crippen LogP contribution in [-0.2, 0) is 11.8 Å². The van der Waals surface area contributed by atoms with Crippen molar-refractivity contribution in [1.29, 1.82) is 0 Å². The minimum absolute atomic E-state index is 0.0161. The topological polar surface area (TPSA) is 35.0 Å². The predicted molar refractivity (Wildman–Crippen MR) is 65.8 cm³/mol. The van der Waals surface area contributed by atoms with E-state index in [0.29, 0.717) is 5.88 Å². The summed E-state index contributed by atoms with van der Waals surface area (Å²) in [6.45, 7) is 10.1. The first-order valence-corrected chi connectivity index (χ1v) is 5.51. The van der Waals surface area contributed by atoms with Crippen molar-refractivity contribution in [2.45, 2.75) is 39.0 Å². The van der Waals surface area contributed by atoms with Gasteiger partial charge in [0.15, 0.2) is 0 Å². The first-order chi connectivity index (χ1) is 7.49. The second kappa shape index (κ2) is 5.10. The fraction of sp³-hybridized carbons (Fsp3) is 0.538. The summed E-state index contributed by atoms with van der Waals surface area (Å²) in [5, 5.41) is 8.30. The van der Waals surface area contributed by atoms with Crippen molar-refractivity contribution in [3.05, 3.63) is 30.0 Å². The first-order valence-electron chi connectivity index (χ1n) is 5.51. The van der Waals surface area contributed by atoms with Gasteiger partial charge in [-0.15, -0.1) is 11.7 Å². The first kappa shape index (κ1) is 12.7. The molecule has 0 fully saturated rings. The Hall–Kier alpha value is -1.38. The molecule has 0 amide bonds. The molecule has 16 heavy (non-hydrogen) atoms. The van der Waals surface area contributed by atoms with E-state index in [1.165, 1.54) is 0 Å². The smallest absolute Gasteiger partial charge is 0.236 e. The highest BCUT2D eigenvalue weighted by Gasteiger charge is 2.18. The molecule has 3 nitrogen and oxygen atoms in total. The molecule has 0 bridgehead atoms. The summed E-state index contributed by atoms with van der Waals surface area (Å²) in [4.78, 5) is 0. The standard InChI is InChI=1S/C13H20N2O/c1-6-7-8-10-9-11(13(2,3)4)14-15-12(10)16-5/h6,9H,1,7-8H2,2-5H3. The highest BCUT2D eigenvalue weighted by molar-refractivity contribution is 5.29. The van der Waals surface area contributed by atoms with Crippen molar-refractivity contribution in [2.24, 2.45) is 0 Å². The molecule has 1 heterocycles. The third kappa shape index (κ3) is 3.05. The average molecular weight is 220 g/mol. The third-order valence-corrected chi connectivity index (χ3v) is 2.41. The number of ether oxygens (including phenoxy) is 1. The lowest BCUT2D eigenvalue weighted by molar-refractivity contribution is 0.383. The zero-order chi connectivity index (χ0) is 12.2. The van der Waals surface area contributed by atoms with E-state index < -0.39 is 0 Å². The molecule has 88 valence electrons. The Bertz CT molecular complexity index is 367. The van der Waals surface area contributed by atoms with Crippen LogP contribution in [0.1, 0.15) is 38.4 Å². The van der Waals surface area contributed by atoms with Crippen molar-refractivity contribution in [2.75, 3.05) is 7.11 Å². The van der Waals surface area contributed by atoms with Crippen LogP contribution in [0.3, 0.4) is 0 Å². The minimum atomic E-state index is 0.0161.